The van der Waals surface area contributed by atoms with Gasteiger partial charge in [0.05, 0.1) is 35.9 Å². The molecule has 0 fully saturated rings. The van der Waals surface area contributed by atoms with Crippen molar-refractivity contribution in [2.24, 2.45) is 7.05 Å². The second kappa shape index (κ2) is 9.13. The summed E-state index contributed by atoms with van der Waals surface area (Å²) in [6.45, 7) is 0.861. The van der Waals surface area contributed by atoms with Gasteiger partial charge in [-0.1, -0.05) is 41.4 Å². The van der Waals surface area contributed by atoms with Crippen LogP contribution in [0.5, 0.6) is 5.88 Å². The number of hydrogen-bond donors (Lipinski definition) is 1. The SMILES string of the molecule is COc1nc2ccc(C(O)(c3ccc(Cl)cc3)c3cncn3C)cc2c(Cl)c1CCC(C)(F)F. The van der Waals surface area contributed by atoms with E-state index in [0.29, 0.717) is 38.3 Å². The number of rotatable bonds is 7. The first-order valence-electron chi connectivity index (χ1n) is 10.5. The minimum Gasteiger partial charge on any atom is -0.481 e. The molecule has 0 bridgehead atoms. The van der Waals surface area contributed by atoms with Gasteiger partial charge in [0.2, 0.25) is 11.8 Å². The number of alkyl halides is 2. The first kappa shape index (κ1) is 24.4. The van der Waals surface area contributed by atoms with Crippen molar-refractivity contribution in [3.05, 3.63) is 87.4 Å². The predicted octanol–water partition coefficient (Wildman–Crippen LogP) is 6.16. The topological polar surface area (TPSA) is 60.2 Å². The molecule has 2 aromatic heterocycles. The number of imidazole rings is 1. The van der Waals surface area contributed by atoms with Crippen LogP contribution in [0.4, 0.5) is 8.78 Å². The zero-order valence-electron chi connectivity index (χ0n) is 18.8. The van der Waals surface area contributed by atoms with Crippen LogP contribution in [0.15, 0.2) is 55.0 Å². The van der Waals surface area contributed by atoms with Crippen molar-refractivity contribution in [1.82, 2.24) is 14.5 Å². The number of fused-ring (bicyclic) bond motifs is 1. The second-order valence-corrected chi connectivity index (χ2v) is 9.14. The standard InChI is InChI=1S/C25H23Cl2F2N3O2/c1-24(28,29)11-10-18-22(27)19-12-16(6-9-20(19)31-23(18)34-3)25(33,21-13-30-14-32(21)2)15-4-7-17(26)8-5-15/h4-9,12-14,33H,10-11H2,1-3H3. The van der Waals surface area contributed by atoms with Gasteiger partial charge in [0.25, 0.3) is 0 Å². The number of benzene rings is 2. The molecule has 0 amide bonds. The normalized spacial score (nSPS) is 13.8. The molecule has 0 aliphatic carbocycles. The van der Waals surface area contributed by atoms with Crippen molar-refractivity contribution in [3.8, 4) is 5.88 Å². The Labute approximate surface area is 205 Å². The molecule has 4 rings (SSSR count). The summed E-state index contributed by atoms with van der Waals surface area (Å²) in [4.78, 5) is 8.65. The summed E-state index contributed by atoms with van der Waals surface area (Å²) >= 11 is 12.8. The highest BCUT2D eigenvalue weighted by Crippen LogP contribution is 2.41. The van der Waals surface area contributed by atoms with Gasteiger partial charge in [-0.25, -0.2) is 18.7 Å². The molecular formula is C25H23Cl2F2N3O2. The lowest BCUT2D eigenvalue weighted by molar-refractivity contribution is 0.0132. The van der Waals surface area contributed by atoms with Crippen LogP contribution < -0.4 is 4.74 Å². The highest BCUT2D eigenvalue weighted by molar-refractivity contribution is 6.36. The molecule has 0 radical (unpaired) electrons. The highest BCUT2D eigenvalue weighted by Gasteiger charge is 2.37. The molecular weight excluding hydrogens is 483 g/mol. The summed E-state index contributed by atoms with van der Waals surface area (Å²) in [5, 5.41) is 13.4. The largest absolute Gasteiger partial charge is 0.481 e. The molecule has 0 aliphatic heterocycles. The van der Waals surface area contributed by atoms with Gasteiger partial charge >= 0.3 is 0 Å². The maximum Gasteiger partial charge on any atom is 0.245 e. The van der Waals surface area contributed by atoms with Gasteiger partial charge in [0.15, 0.2) is 5.60 Å². The lowest BCUT2D eigenvalue weighted by atomic mass is 9.83. The molecule has 1 N–H and O–H groups in total. The maximum atomic E-state index is 13.6. The van der Waals surface area contributed by atoms with Crippen molar-refractivity contribution in [2.75, 3.05) is 7.11 Å². The van der Waals surface area contributed by atoms with E-state index in [9.17, 15) is 13.9 Å². The molecule has 0 saturated heterocycles. The fourth-order valence-corrected chi connectivity index (χ4v) is 4.51. The third-order valence-electron chi connectivity index (χ3n) is 5.85. The number of aryl methyl sites for hydroxylation is 1. The number of nitrogens with zero attached hydrogens (tertiary/aromatic N) is 3. The van der Waals surface area contributed by atoms with Gasteiger partial charge in [0, 0.05) is 29.4 Å². The Bertz CT molecular complexity index is 1340. The van der Waals surface area contributed by atoms with Crippen molar-refractivity contribution in [1.29, 1.82) is 0 Å². The van der Waals surface area contributed by atoms with E-state index >= 15 is 0 Å². The Hall–Kier alpha value is -2.74. The molecule has 34 heavy (non-hydrogen) atoms. The summed E-state index contributed by atoms with van der Waals surface area (Å²) in [5.41, 5.74) is 0.920. The van der Waals surface area contributed by atoms with E-state index in [1.165, 1.54) is 7.11 Å². The van der Waals surface area contributed by atoms with Crippen LogP contribution in [0.3, 0.4) is 0 Å². The smallest absolute Gasteiger partial charge is 0.245 e. The molecule has 2 aromatic carbocycles. The Morgan fingerprint density at radius 2 is 1.76 bits per heavy atom. The van der Waals surface area contributed by atoms with E-state index in [-0.39, 0.29) is 17.3 Å². The van der Waals surface area contributed by atoms with Crippen LogP contribution >= 0.6 is 23.2 Å². The molecule has 1 unspecified atom stereocenters. The average Bonchev–Trinajstić information content (AvgIpc) is 3.23. The molecule has 9 heteroatoms. The minimum atomic E-state index is -2.86. The number of methoxy groups -OCH3 is 1. The van der Waals surface area contributed by atoms with Gasteiger partial charge in [-0.15, -0.1) is 0 Å². The van der Waals surface area contributed by atoms with E-state index in [2.05, 4.69) is 9.97 Å². The molecule has 178 valence electrons. The average molecular weight is 506 g/mol. The quantitative estimate of drug-likeness (QED) is 0.327. The predicted molar refractivity (Wildman–Crippen MR) is 129 cm³/mol. The number of ether oxygens (including phenoxy) is 1. The van der Waals surface area contributed by atoms with Crippen molar-refractivity contribution in [2.45, 2.75) is 31.3 Å². The van der Waals surface area contributed by atoms with Gasteiger partial charge in [-0.05, 0) is 48.7 Å². The van der Waals surface area contributed by atoms with Gasteiger partial charge in [0.1, 0.15) is 0 Å². The lowest BCUT2D eigenvalue weighted by Gasteiger charge is -2.30. The van der Waals surface area contributed by atoms with Crippen molar-refractivity contribution < 1.29 is 18.6 Å². The first-order chi connectivity index (χ1) is 16.0. The number of hydrogen-bond acceptors (Lipinski definition) is 4. The van der Waals surface area contributed by atoms with Crippen LogP contribution in [0, 0.1) is 0 Å². The van der Waals surface area contributed by atoms with E-state index in [4.69, 9.17) is 27.9 Å². The molecule has 2 heterocycles. The van der Waals surface area contributed by atoms with Crippen LogP contribution in [-0.2, 0) is 19.1 Å². The third-order valence-corrected chi connectivity index (χ3v) is 6.54. The Morgan fingerprint density at radius 3 is 2.35 bits per heavy atom. The van der Waals surface area contributed by atoms with Crippen LogP contribution in [-0.4, -0.2) is 32.7 Å². The van der Waals surface area contributed by atoms with Crippen LogP contribution in [0.2, 0.25) is 10.0 Å². The molecule has 1 atom stereocenters. The summed E-state index contributed by atoms with van der Waals surface area (Å²) in [6, 6.07) is 12.0. The number of aliphatic hydroxyl groups is 1. The number of halogens is 4. The van der Waals surface area contributed by atoms with E-state index in [0.717, 1.165) is 6.92 Å². The Kier molecular flexibility index (Phi) is 6.55. The molecule has 0 spiro atoms. The van der Waals surface area contributed by atoms with Crippen molar-refractivity contribution >= 4 is 34.1 Å². The summed E-state index contributed by atoms with van der Waals surface area (Å²) < 4.78 is 34.2. The fourth-order valence-electron chi connectivity index (χ4n) is 4.06. The van der Waals surface area contributed by atoms with Gasteiger partial charge < -0.3 is 14.4 Å². The zero-order valence-corrected chi connectivity index (χ0v) is 20.3. The Morgan fingerprint density at radius 1 is 1.09 bits per heavy atom. The van der Waals surface area contributed by atoms with E-state index in [1.54, 1.807) is 66.6 Å². The first-order valence-corrected chi connectivity index (χ1v) is 11.3. The van der Waals surface area contributed by atoms with Crippen molar-refractivity contribution in [3.63, 3.8) is 0 Å². The zero-order chi connectivity index (χ0) is 24.7. The summed E-state index contributed by atoms with van der Waals surface area (Å²) in [7, 11) is 3.21. The minimum absolute atomic E-state index is 0.0120. The van der Waals surface area contributed by atoms with Crippen LogP contribution in [0.1, 0.15) is 35.7 Å². The fraction of sp³-hybridized carbons (Fsp3) is 0.280. The monoisotopic (exact) mass is 505 g/mol. The molecule has 4 aromatic rings. The molecule has 0 aliphatic rings. The highest BCUT2D eigenvalue weighted by atomic mass is 35.5. The van der Waals surface area contributed by atoms with E-state index in [1.807, 2.05) is 0 Å². The second-order valence-electron chi connectivity index (χ2n) is 8.32. The lowest BCUT2D eigenvalue weighted by Crippen LogP contribution is -2.31. The summed E-state index contributed by atoms with van der Waals surface area (Å²) in [5.74, 6) is -2.66. The van der Waals surface area contributed by atoms with Gasteiger partial charge in [-0.3, -0.25) is 0 Å². The Balaban J connectivity index is 1.93. The van der Waals surface area contributed by atoms with Gasteiger partial charge in [-0.2, -0.15) is 0 Å². The summed E-state index contributed by atoms with van der Waals surface area (Å²) in [6.07, 6.45) is 2.77. The maximum absolute atomic E-state index is 13.6. The number of pyridine rings is 1. The molecule has 0 saturated carbocycles. The van der Waals surface area contributed by atoms with Crippen LogP contribution in [0.25, 0.3) is 10.9 Å². The molecule has 5 nitrogen and oxygen atoms in total. The third kappa shape index (κ3) is 4.48. The number of aromatic nitrogens is 3. The van der Waals surface area contributed by atoms with E-state index < -0.39 is 17.9 Å².